The molecular weight excluding hydrogens is 375 g/mol. The molecule has 2 aromatic carbocycles. The average Bonchev–Trinajstić information content (AvgIpc) is 2.62. The average molecular weight is 397 g/mol. The number of carbonyl (C=O) groups is 1. The van der Waals surface area contributed by atoms with Gasteiger partial charge in [-0.15, -0.1) is 0 Å². The first-order chi connectivity index (χ1) is 13.1. The molecular formula is C20H22F3NO4. The maximum atomic E-state index is 13.4. The van der Waals surface area contributed by atoms with Crippen molar-refractivity contribution in [1.29, 1.82) is 0 Å². The standard InChI is InChI=1S/C20H22F3NO4/c1-19(2,26-3)11-12-27-17-10-9-14(13-16(17)20(21,22)23)24-18(25)28-15-7-5-4-6-8-15/h4-10,13H,11-12H2,1-3H3,(H,24,25). The number of benzene rings is 2. The summed E-state index contributed by atoms with van der Waals surface area (Å²) in [5.74, 6) is -0.0434. The molecule has 1 N–H and O–H groups in total. The van der Waals surface area contributed by atoms with Crippen molar-refractivity contribution in [2.45, 2.75) is 32.0 Å². The van der Waals surface area contributed by atoms with Crippen LogP contribution in [0.15, 0.2) is 48.5 Å². The van der Waals surface area contributed by atoms with Crippen molar-refractivity contribution in [2.75, 3.05) is 19.0 Å². The third-order valence-corrected chi connectivity index (χ3v) is 4.00. The molecule has 0 aromatic heterocycles. The second-order valence-corrected chi connectivity index (χ2v) is 6.60. The molecule has 0 spiro atoms. The van der Waals surface area contributed by atoms with Crippen molar-refractivity contribution in [3.63, 3.8) is 0 Å². The van der Waals surface area contributed by atoms with Crippen LogP contribution >= 0.6 is 0 Å². The third-order valence-electron chi connectivity index (χ3n) is 4.00. The van der Waals surface area contributed by atoms with Gasteiger partial charge < -0.3 is 14.2 Å². The molecule has 0 aliphatic heterocycles. The van der Waals surface area contributed by atoms with E-state index >= 15 is 0 Å². The van der Waals surface area contributed by atoms with Crippen molar-refractivity contribution in [3.05, 3.63) is 54.1 Å². The molecule has 0 bridgehead atoms. The van der Waals surface area contributed by atoms with Crippen molar-refractivity contribution < 1.29 is 32.2 Å². The SMILES string of the molecule is COC(C)(C)CCOc1ccc(NC(=O)Oc2ccccc2)cc1C(F)(F)F. The van der Waals surface area contributed by atoms with E-state index in [0.717, 1.165) is 6.07 Å². The number of hydrogen-bond donors (Lipinski definition) is 1. The summed E-state index contributed by atoms with van der Waals surface area (Å²) >= 11 is 0. The summed E-state index contributed by atoms with van der Waals surface area (Å²) in [6.45, 7) is 3.67. The Morgan fingerprint density at radius 3 is 2.36 bits per heavy atom. The predicted octanol–water partition coefficient (Wildman–Crippen LogP) is 5.51. The number of methoxy groups -OCH3 is 1. The molecule has 152 valence electrons. The van der Waals surface area contributed by atoms with Gasteiger partial charge in [-0.05, 0) is 44.2 Å². The summed E-state index contributed by atoms with van der Waals surface area (Å²) in [6, 6.07) is 11.5. The van der Waals surface area contributed by atoms with Gasteiger partial charge in [0, 0.05) is 19.2 Å². The number of halogens is 3. The van der Waals surface area contributed by atoms with E-state index in [-0.39, 0.29) is 23.8 Å². The van der Waals surface area contributed by atoms with Crippen LogP contribution in [0.3, 0.4) is 0 Å². The van der Waals surface area contributed by atoms with E-state index in [4.69, 9.17) is 14.2 Å². The number of nitrogens with one attached hydrogen (secondary N) is 1. The highest BCUT2D eigenvalue weighted by Crippen LogP contribution is 2.38. The fourth-order valence-corrected chi connectivity index (χ4v) is 2.20. The minimum absolute atomic E-state index is 0.0484. The van der Waals surface area contributed by atoms with Gasteiger partial charge in [0.2, 0.25) is 0 Å². The molecule has 2 rings (SSSR count). The number of carbonyl (C=O) groups excluding carboxylic acids is 1. The lowest BCUT2D eigenvalue weighted by Crippen LogP contribution is -2.25. The second-order valence-electron chi connectivity index (χ2n) is 6.60. The van der Waals surface area contributed by atoms with Gasteiger partial charge in [-0.1, -0.05) is 18.2 Å². The van der Waals surface area contributed by atoms with Gasteiger partial charge in [-0.2, -0.15) is 13.2 Å². The monoisotopic (exact) mass is 397 g/mol. The van der Waals surface area contributed by atoms with Crippen LogP contribution in [-0.4, -0.2) is 25.4 Å². The Bertz CT molecular complexity index is 792. The summed E-state index contributed by atoms with van der Waals surface area (Å²) in [6.07, 6.45) is -5.13. The van der Waals surface area contributed by atoms with E-state index < -0.39 is 23.4 Å². The first-order valence-corrected chi connectivity index (χ1v) is 8.54. The van der Waals surface area contributed by atoms with Crippen molar-refractivity contribution in [2.24, 2.45) is 0 Å². The quantitative estimate of drug-likeness (QED) is 0.669. The smallest absolute Gasteiger partial charge is 0.420 e. The van der Waals surface area contributed by atoms with Crippen molar-refractivity contribution in [3.8, 4) is 11.5 Å². The largest absolute Gasteiger partial charge is 0.493 e. The minimum atomic E-state index is -4.65. The van der Waals surface area contributed by atoms with Crippen molar-refractivity contribution in [1.82, 2.24) is 0 Å². The molecule has 1 amide bonds. The predicted molar refractivity (Wildman–Crippen MR) is 98.7 cm³/mol. The van der Waals surface area contributed by atoms with E-state index in [0.29, 0.717) is 6.42 Å². The zero-order chi connectivity index (χ0) is 20.8. The summed E-state index contributed by atoms with van der Waals surface area (Å²) in [4.78, 5) is 11.9. The summed E-state index contributed by atoms with van der Waals surface area (Å²) in [5.41, 5.74) is -1.56. The Kier molecular flexibility index (Phi) is 6.90. The zero-order valence-electron chi connectivity index (χ0n) is 15.8. The molecule has 0 atom stereocenters. The molecule has 0 radical (unpaired) electrons. The van der Waals surface area contributed by atoms with Crippen LogP contribution in [0.2, 0.25) is 0 Å². The number of anilines is 1. The number of hydrogen-bond acceptors (Lipinski definition) is 4. The normalized spacial score (nSPS) is 11.8. The van der Waals surface area contributed by atoms with Crippen LogP contribution in [0.4, 0.5) is 23.7 Å². The fraction of sp³-hybridized carbons (Fsp3) is 0.350. The number of rotatable bonds is 7. The van der Waals surface area contributed by atoms with Gasteiger partial charge >= 0.3 is 12.3 Å². The lowest BCUT2D eigenvalue weighted by molar-refractivity contribution is -0.139. The fourth-order valence-electron chi connectivity index (χ4n) is 2.20. The van der Waals surface area contributed by atoms with Gasteiger partial charge in [0.05, 0.1) is 17.8 Å². The van der Waals surface area contributed by atoms with Crippen LogP contribution in [0.5, 0.6) is 11.5 Å². The first kappa shape index (κ1) is 21.6. The molecule has 0 heterocycles. The van der Waals surface area contributed by atoms with E-state index in [1.807, 2.05) is 13.8 Å². The van der Waals surface area contributed by atoms with E-state index in [1.54, 1.807) is 30.3 Å². The molecule has 0 fully saturated rings. The second kappa shape index (κ2) is 8.97. The molecule has 0 unspecified atom stereocenters. The van der Waals surface area contributed by atoms with E-state index in [9.17, 15) is 18.0 Å². The highest BCUT2D eigenvalue weighted by molar-refractivity contribution is 5.86. The Hall–Kier alpha value is -2.74. The van der Waals surface area contributed by atoms with Gasteiger partial charge in [0.1, 0.15) is 11.5 Å². The maximum absolute atomic E-state index is 13.4. The summed E-state index contributed by atoms with van der Waals surface area (Å²) < 4.78 is 55.7. The van der Waals surface area contributed by atoms with Crippen LogP contribution in [-0.2, 0) is 10.9 Å². The van der Waals surface area contributed by atoms with E-state index in [2.05, 4.69) is 5.32 Å². The van der Waals surface area contributed by atoms with Crippen LogP contribution in [0.1, 0.15) is 25.8 Å². The molecule has 0 saturated carbocycles. The van der Waals surface area contributed by atoms with Gasteiger partial charge in [0.15, 0.2) is 0 Å². The molecule has 0 aliphatic carbocycles. The third kappa shape index (κ3) is 6.45. The Labute approximate surface area is 161 Å². The summed E-state index contributed by atoms with van der Waals surface area (Å²) in [7, 11) is 1.52. The highest BCUT2D eigenvalue weighted by Gasteiger charge is 2.35. The minimum Gasteiger partial charge on any atom is -0.493 e. The topological polar surface area (TPSA) is 56.8 Å². The lowest BCUT2D eigenvalue weighted by Gasteiger charge is -2.23. The highest BCUT2D eigenvalue weighted by atomic mass is 19.4. The zero-order valence-corrected chi connectivity index (χ0v) is 15.8. The van der Waals surface area contributed by atoms with Crippen LogP contribution < -0.4 is 14.8 Å². The molecule has 8 heteroatoms. The number of ether oxygens (including phenoxy) is 3. The number of alkyl halides is 3. The number of amides is 1. The van der Waals surface area contributed by atoms with E-state index in [1.165, 1.54) is 19.2 Å². The van der Waals surface area contributed by atoms with Crippen molar-refractivity contribution >= 4 is 11.8 Å². The Balaban J connectivity index is 2.09. The molecule has 28 heavy (non-hydrogen) atoms. The first-order valence-electron chi connectivity index (χ1n) is 8.54. The number of para-hydroxylation sites is 1. The Morgan fingerprint density at radius 2 is 1.75 bits per heavy atom. The summed E-state index contributed by atoms with van der Waals surface area (Å²) in [5, 5.41) is 2.28. The van der Waals surface area contributed by atoms with Gasteiger partial charge in [-0.3, -0.25) is 5.32 Å². The Morgan fingerprint density at radius 1 is 1.07 bits per heavy atom. The van der Waals surface area contributed by atoms with Gasteiger partial charge in [-0.25, -0.2) is 4.79 Å². The molecule has 0 saturated heterocycles. The molecule has 0 aliphatic rings. The van der Waals surface area contributed by atoms with Crippen LogP contribution in [0.25, 0.3) is 0 Å². The van der Waals surface area contributed by atoms with Gasteiger partial charge in [0.25, 0.3) is 0 Å². The molecule has 5 nitrogen and oxygen atoms in total. The molecule has 2 aromatic rings. The van der Waals surface area contributed by atoms with Crippen LogP contribution in [0, 0.1) is 0 Å². The lowest BCUT2D eigenvalue weighted by atomic mass is 10.1. The maximum Gasteiger partial charge on any atom is 0.420 e.